The van der Waals surface area contributed by atoms with Gasteiger partial charge >= 0.3 is 11.9 Å². The highest BCUT2D eigenvalue weighted by molar-refractivity contribution is 5.96. The Labute approximate surface area is 91.3 Å². The molecule has 0 fully saturated rings. The number of ether oxygens (including phenoxy) is 1. The summed E-state index contributed by atoms with van der Waals surface area (Å²) in [6.45, 7) is 3.45. The van der Waals surface area contributed by atoms with Crippen molar-refractivity contribution in [1.82, 2.24) is 0 Å². The van der Waals surface area contributed by atoms with Crippen LogP contribution in [0.5, 0.6) is 0 Å². The van der Waals surface area contributed by atoms with E-state index in [9.17, 15) is 9.59 Å². The highest BCUT2D eigenvalue weighted by Gasteiger charge is 2.35. The van der Waals surface area contributed by atoms with E-state index in [-0.39, 0.29) is 12.0 Å². The van der Waals surface area contributed by atoms with Gasteiger partial charge in [0.15, 0.2) is 0 Å². The minimum Gasteiger partial charge on any atom is -0.481 e. The van der Waals surface area contributed by atoms with E-state index < -0.39 is 18.2 Å². The number of allylic oxidation sites excluding steroid dienone is 1. The molecular formula is C10H10N2O4. The van der Waals surface area contributed by atoms with Crippen LogP contribution < -0.4 is 0 Å². The van der Waals surface area contributed by atoms with Gasteiger partial charge in [0, 0.05) is 5.57 Å². The van der Waals surface area contributed by atoms with E-state index in [0.29, 0.717) is 16.8 Å². The molecule has 0 amide bonds. The van der Waals surface area contributed by atoms with E-state index in [0.717, 1.165) is 0 Å². The monoisotopic (exact) mass is 222 g/mol. The van der Waals surface area contributed by atoms with Crippen LogP contribution in [-0.2, 0) is 14.3 Å². The molecule has 6 nitrogen and oxygen atoms in total. The third-order valence-electron chi connectivity index (χ3n) is 2.60. The average Bonchev–Trinajstić information content (AvgIpc) is 2.54. The Morgan fingerprint density at radius 1 is 1.50 bits per heavy atom. The maximum Gasteiger partial charge on any atom is 0.337 e. The molecule has 2 rings (SSSR count). The number of hydrogen-bond donors (Lipinski definition) is 1. The number of aliphatic carboxylic acids is 1. The van der Waals surface area contributed by atoms with Gasteiger partial charge in [-0.25, -0.2) is 4.79 Å². The molecule has 0 aromatic carbocycles. The van der Waals surface area contributed by atoms with Crippen LogP contribution in [-0.4, -0.2) is 23.3 Å². The smallest absolute Gasteiger partial charge is 0.337 e. The molecular weight excluding hydrogens is 212 g/mol. The average molecular weight is 222 g/mol. The fourth-order valence-corrected chi connectivity index (χ4v) is 1.81. The summed E-state index contributed by atoms with van der Waals surface area (Å²) in [5, 5.41) is 16.3. The molecule has 0 spiro atoms. The molecule has 84 valence electrons. The van der Waals surface area contributed by atoms with Crippen molar-refractivity contribution in [2.24, 2.45) is 10.2 Å². The lowest BCUT2D eigenvalue weighted by Gasteiger charge is -2.22. The molecule has 2 heterocycles. The highest BCUT2D eigenvalue weighted by Crippen LogP contribution is 2.35. The Kier molecular flexibility index (Phi) is 2.34. The zero-order valence-corrected chi connectivity index (χ0v) is 8.85. The lowest BCUT2D eigenvalue weighted by atomic mass is 9.95. The molecule has 6 heteroatoms. The van der Waals surface area contributed by atoms with Gasteiger partial charge in [-0.15, -0.1) is 5.11 Å². The van der Waals surface area contributed by atoms with Gasteiger partial charge in [-0.2, -0.15) is 5.11 Å². The van der Waals surface area contributed by atoms with E-state index in [4.69, 9.17) is 9.84 Å². The van der Waals surface area contributed by atoms with Gasteiger partial charge in [-0.3, -0.25) is 4.79 Å². The molecule has 1 N–H and O–H groups in total. The molecule has 16 heavy (non-hydrogen) atoms. The Hall–Kier alpha value is -1.98. The number of esters is 1. The van der Waals surface area contributed by atoms with E-state index in [1.165, 1.54) is 0 Å². The maximum atomic E-state index is 11.5. The molecule has 0 bridgehead atoms. The minimum atomic E-state index is -1.06. The number of azo groups is 1. The first-order valence-electron chi connectivity index (χ1n) is 4.75. The SMILES string of the molecule is CC1=C2C(C)=C(CC(=O)O)C(=O)OC2N=N1. The van der Waals surface area contributed by atoms with Gasteiger partial charge in [-0.1, -0.05) is 0 Å². The second-order valence-corrected chi connectivity index (χ2v) is 3.65. The number of carboxylic acids is 1. The quantitative estimate of drug-likeness (QED) is 0.715. The summed E-state index contributed by atoms with van der Waals surface area (Å²) in [5.74, 6) is -1.68. The summed E-state index contributed by atoms with van der Waals surface area (Å²) in [5.41, 5.74) is 2.16. The van der Waals surface area contributed by atoms with E-state index in [1.54, 1.807) is 13.8 Å². The topological polar surface area (TPSA) is 88.3 Å². The van der Waals surface area contributed by atoms with Gasteiger partial charge in [-0.05, 0) is 19.4 Å². The molecule has 0 saturated carbocycles. The van der Waals surface area contributed by atoms with Crippen LogP contribution in [0.2, 0.25) is 0 Å². The zero-order valence-electron chi connectivity index (χ0n) is 8.85. The van der Waals surface area contributed by atoms with Crippen molar-refractivity contribution in [3.63, 3.8) is 0 Å². The third kappa shape index (κ3) is 1.52. The van der Waals surface area contributed by atoms with Crippen molar-refractivity contribution in [1.29, 1.82) is 0 Å². The number of hydrogen-bond acceptors (Lipinski definition) is 5. The van der Waals surface area contributed by atoms with Crippen molar-refractivity contribution in [2.75, 3.05) is 0 Å². The normalized spacial score (nSPS) is 23.6. The molecule has 1 atom stereocenters. The molecule has 2 aliphatic heterocycles. The van der Waals surface area contributed by atoms with Crippen molar-refractivity contribution >= 4 is 11.9 Å². The Morgan fingerprint density at radius 3 is 2.81 bits per heavy atom. The van der Waals surface area contributed by atoms with Gasteiger partial charge in [0.05, 0.1) is 17.7 Å². The summed E-state index contributed by atoms with van der Waals surface area (Å²) in [6, 6.07) is 0. The van der Waals surface area contributed by atoms with Crippen LogP contribution in [0.25, 0.3) is 0 Å². The Balaban J connectivity index is 2.46. The van der Waals surface area contributed by atoms with Crippen LogP contribution >= 0.6 is 0 Å². The number of nitrogens with zero attached hydrogens (tertiary/aromatic N) is 2. The first-order chi connectivity index (χ1) is 7.50. The maximum absolute atomic E-state index is 11.5. The lowest BCUT2D eigenvalue weighted by molar-refractivity contribution is -0.146. The number of carbonyl (C=O) groups excluding carboxylic acids is 1. The molecule has 0 radical (unpaired) electrons. The van der Waals surface area contributed by atoms with Crippen LogP contribution in [0, 0.1) is 0 Å². The molecule has 1 unspecified atom stereocenters. The van der Waals surface area contributed by atoms with Crippen LogP contribution in [0.1, 0.15) is 20.3 Å². The summed E-state index contributed by atoms with van der Waals surface area (Å²) in [7, 11) is 0. The Bertz CT molecular complexity index is 473. The standard InChI is InChI=1S/C10H10N2O4/c1-4-6(3-7(13)14)10(15)16-9-8(4)5(2)11-12-9/h9H,3H2,1-2H3,(H,13,14). The van der Waals surface area contributed by atoms with Gasteiger partial charge in [0.2, 0.25) is 6.23 Å². The summed E-state index contributed by atoms with van der Waals surface area (Å²) < 4.78 is 4.99. The lowest BCUT2D eigenvalue weighted by Crippen LogP contribution is -2.27. The molecule has 0 saturated heterocycles. The predicted octanol–water partition coefficient (Wildman–Crippen LogP) is 1.40. The molecule has 0 aliphatic carbocycles. The van der Waals surface area contributed by atoms with Crippen LogP contribution in [0.3, 0.4) is 0 Å². The third-order valence-corrected chi connectivity index (χ3v) is 2.60. The first kappa shape index (κ1) is 10.5. The fourth-order valence-electron chi connectivity index (χ4n) is 1.81. The molecule has 0 aromatic heterocycles. The predicted molar refractivity (Wildman–Crippen MR) is 52.4 cm³/mol. The summed E-state index contributed by atoms with van der Waals surface area (Å²) in [4.78, 5) is 22.1. The first-order valence-corrected chi connectivity index (χ1v) is 4.75. The van der Waals surface area contributed by atoms with Gasteiger partial charge in [0.25, 0.3) is 0 Å². The van der Waals surface area contributed by atoms with Crippen molar-refractivity contribution in [2.45, 2.75) is 26.5 Å². The van der Waals surface area contributed by atoms with Crippen LogP contribution in [0.15, 0.2) is 32.6 Å². The molecule has 2 aliphatic rings. The van der Waals surface area contributed by atoms with Crippen molar-refractivity contribution in [3.8, 4) is 0 Å². The molecule has 0 aromatic rings. The summed E-state index contributed by atoms with van der Waals surface area (Å²) in [6.07, 6.45) is -1.03. The van der Waals surface area contributed by atoms with E-state index in [2.05, 4.69) is 10.2 Å². The highest BCUT2D eigenvalue weighted by atomic mass is 16.6. The Morgan fingerprint density at radius 2 is 2.19 bits per heavy atom. The number of carbonyl (C=O) groups is 2. The zero-order chi connectivity index (χ0) is 11.9. The summed E-state index contributed by atoms with van der Waals surface area (Å²) >= 11 is 0. The van der Waals surface area contributed by atoms with Crippen LogP contribution in [0.4, 0.5) is 0 Å². The van der Waals surface area contributed by atoms with Gasteiger partial charge < -0.3 is 9.84 Å². The van der Waals surface area contributed by atoms with Gasteiger partial charge in [0.1, 0.15) is 0 Å². The number of fused-ring (bicyclic) bond motifs is 1. The van der Waals surface area contributed by atoms with Crippen molar-refractivity contribution in [3.05, 3.63) is 22.4 Å². The van der Waals surface area contributed by atoms with Crippen molar-refractivity contribution < 1.29 is 19.4 Å². The van der Waals surface area contributed by atoms with E-state index in [1.807, 2.05) is 0 Å². The van der Waals surface area contributed by atoms with E-state index >= 15 is 0 Å². The number of rotatable bonds is 2. The fraction of sp³-hybridized carbons (Fsp3) is 0.400. The second kappa shape index (κ2) is 3.55. The second-order valence-electron chi connectivity index (χ2n) is 3.65. The number of carboxylic acid groups (broad SMARTS) is 1. The largest absolute Gasteiger partial charge is 0.481 e. The minimum absolute atomic E-state index is 0.172.